The fraction of sp³-hybridized carbons (Fsp3) is 0.143. The first-order valence-corrected chi connectivity index (χ1v) is 5.98. The molecule has 0 atom stereocenters. The van der Waals surface area contributed by atoms with Crippen molar-refractivity contribution < 1.29 is 41.4 Å². The Balaban J connectivity index is 0.00000121. The van der Waals surface area contributed by atoms with Crippen molar-refractivity contribution in [2.45, 2.75) is 6.92 Å². The Morgan fingerprint density at radius 2 is 1.58 bits per heavy atom. The predicted octanol–water partition coefficient (Wildman–Crippen LogP) is -3.63. The van der Waals surface area contributed by atoms with E-state index in [-0.39, 0.29) is 34.0 Å². The van der Waals surface area contributed by atoms with E-state index in [9.17, 15) is 11.9 Å². The van der Waals surface area contributed by atoms with Gasteiger partial charge in [-0.15, -0.1) is 0 Å². The molecule has 5 heteroatoms. The molecule has 1 aromatic rings. The first-order chi connectivity index (χ1) is 5.00. The van der Waals surface area contributed by atoms with Gasteiger partial charge in [-0.2, -0.15) is 0 Å². The van der Waals surface area contributed by atoms with Gasteiger partial charge in [0.1, 0.15) is 0 Å². The smallest absolute Gasteiger partial charge is 1.00 e. The molecule has 0 unspecified atom stereocenters. The van der Waals surface area contributed by atoms with Crippen molar-refractivity contribution in [1.29, 1.82) is 0 Å². The summed E-state index contributed by atoms with van der Waals surface area (Å²) in [5.74, 6) is 0. The minimum absolute atomic E-state index is 0. The fourth-order valence-electron chi connectivity index (χ4n) is 0.705. The van der Waals surface area contributed by atoms with Gasteiger partial charge >= 0.3 is 95.7 Å². The van der Waals surface area contributed by atoms with Crippen LogP contribution in [0.3, 0.4) is 0 Å². The molecule has 0 bridgehead atoms. The zero-order valence-corrected chi connectivity index (χ0v) is 10.7. The summed E-state index contributed by atoms with van der Waals surface area (Å²) < 4.78 is 31.3. The average molecular weight is 241 g/mol. The number of aryl methyl sites for hydroxylation is 1. The Labute approximate surface area is 95.0 Å². The topological polar surface area (TPSA) is 57.2 Å². The van der Waals surface area contributed by atoms with Crippen LogP contribution in [0.15, 0.2) is 24.3 Å². The van der Waals surface area contributed by atoms with Gasteiger partial charge in [0, 0.05) is 0 Å². The Kier molecular flexibility index (Phi) is 4.62. The van der Waals surface area contributed by atoms with E-state index in [1.54, 1.807) is 12.1 Å². The van der Waals surface area contributed by atoms with Crippen LogP contribution in [-0.4, -0.2) is 13.0 Å². The van der Waals surface area contributed by atoms with Crippen molar-refractivity contribution >= 4 is 17.5 Å². The molecule has 1 aromatic carbocycles. The number of rotatable bonds is 1. The van der Waals surface area contributed by atoms with Crippen LogP contribution in [-0.2, 0) is 7.67 Å². The standard InChI is InChI=1S/C7H8O3Se.Na/c1-6-2-4-7(5-3-6)11(8,9)10;/h2-5H,1H3,(H,8,9,10);/q;+1/p-1. The van der Waals surface area contributed by atoms with Crippen LogP contribution in [0.1, 0.15) is 5.56 Å². The number of hydrogen-bond acceptors (Lipinski definition) is 3. The Bertz CT molecular complexity index is 341. The summed E-state index contributed by atoms with van der Waals surface area (Å²) in [5, 5.41) is 0. The molecule has 0 aliphatic heterocycles. The van der Waals surface area contributed by atoms with Crippen LogP contribution in [0.5, 0.6) is 0 Å². The summed E-state index contributed by atoms with van der Waals surface area (Å²) in [4.78, 5) is 0. The molecule has 0 N–H and O–H groups in total. The minimum atomic E-state index is -4.97. The van der Waals surface area contributed by atoms with Gasteiger partial charge < -0.3 is 0 Å². The van der Waals surface area contributed by atoms with Crippen molar-refractivity contribution in [1.82, 2.24) is 0 Å². The normalized spacial score (nSPS) is 10.5. The van der Waals surface area contributed by atoms with E-state index in [1.165, 1.54) is 12.1 Å². The van der Waals surface area contributed by atoms with Gasteiger partial charge in [0.2, 0.25) is 0 Å². The van der Waals surface area contributed by atoms with Gasteiger partial charge in [-0.05, 0) is 0 Å². The second-order valence-corrected chi connectivity index (χ2v) is 5.16. The first-order valence-electron chi connectivity index (χ1n) is 3.03. The molecular formula is C7H7NaO3Se. The molecule has 0 heterocycles. The van der Waals surface area contributed by atoms with Gasteiger partial charge in [-0.3, -0.25) is 0 Å². The van der Waals surface area contributed by atoms with E-state index in [0.717, 1.165) is 5.56 Å². The summed E-state index contributed by atoms with van der Waals surface area (Å²) in [5.41, 5.74) is 0.940. The van der Waals surface area contributed by atoms with Crippen molar-refractivity contribution in [3.63, 3.8) is 0 Å². The fourth-order valence-corrected chi connectivity index (χ4v) is 1.69. The molecule has 0 aromatic heterocycles. The average Bonchev–Trinajstić information content (AvgIpc) is 1.86. The maximum absolute atomic E-state index is 10.5. The van der Waals surface area contributed by atoms with Crippen molar-refractivity contribution in [2.75, 3.05) is 0 Å². The van der Waals surface area contributed by atoms with Gasteiger partial charge in [0.05, 0.1) is 0 Å². The second kappa shape index (κ2) is 4.51. The second-order valence-electron chi connectivity index (χ2n) is 2.27. The zero-order chi connectivity index (χ0) is 8.48. The van der Waals surface area contributed by atoms with Crippen molar-refractivity contribution in [3.05, 3.63) is 29.8 Å². The molecule has 0 aliphatic rings. The molecule has 3 nitrogen and oxygen atoms in total. The molecule has 0 saturated heterocycles. The van der Waals surface area contributed by atoms with Crippen LogP contribution in [0.25, 0.3) is 0 Å². The molecule has 60 valence electrons. The third-order valence-electron chi connectivity index (χ3n) is 1.31. The van der Waals surface area contributed by atoms with Gasteiger partial charge in [-0.25, -0.2) is 0 Å². The molecule has 1 rings (SSSR count). The van der Waals surface area contributed by atoms with Crippen LogP contribution in [0.4, 0.5) is 0 Å². The first kappa shape index (κ1) is 12.3. The quantitative estimate of drug-likeness (QED) is 0.477. The van der Waals surface area contributed by atoms with Crippen LogP contribution >= 0.6 is 0 Å². The van der Waals surface area contributed by atoms with E-state index in [4.69, 9.17) is 0 Å². The number of benzene rings is 1. The van der Waals surface area contributed by atoms with Gasteiger partial charge in [0.15, 0.2) is 0 Å². The van der Waals surface area contributed by atoms with Crippen molar-refractivity contribution in [3.8, 4) is 0 Å². The minimum Gasteiger partial charge on any atom is 1.00 e. The van der Waals surface area contributed by atoms with E-state index in [0.29, 0.717) is 0 Å². The van der Waals surface area contributed by atoms with E-state index in [1.807, 2.05) is 6.92 Å². The summed E-state index contributed by atoms with van der Waals surface area (Å²) >= 11 is -4.97. The predicted molar refractivity (Wildman–Crippen MR) is 37.9 cm³/mol. The Morgan fingerprint density at radius 1 is 1.17 bits per heavy atom. The number of hydrogen-bond donors (Lipinski definition) is 0. The largest absolute Gasteiger partial charge is 1.00 e. The molecule has 0 amide bonds. The van der Waals surface area contributed by atoms with Crippen LogP contribution in [0.2, 0.25) is 0 Å². The summed E-state index contributed by atoms with van der Waals surface area (Å²) in [6.45, 7) is 1.83. The summed E-state index contributed by atoms with van der Waals surface area (Å²) in [6.07, 6.45) is 0. The molecule has 0 saturated carbocycles. The molecule has 0 fully saturated rings. The van der Waals surface area contributed by atoms with E-state index < -0.39 is 13.0 Å². The SMILES string of the molecule is Cc1ccc([Se](=O)(=O)[O-])cc1.[Na+]. The summed E-state index contributed by atoms with van der Waals surface area (Å²) in [7, 11) is 0. The van der Waals surface area contributed by atoms with Gasteiger partial charge in [-0.1, -0.05) is 0 Å². The molecule has 0 aliphatic carbocycles. The maximum atomic E-state index is 10.5. The molecule has 0 radical (unpaired) electrons. The third-order valence-corrected chi connectivity index (χ3v) is 3.09. The Hall–Kier alpha value is 0.299. The molecule has 12 heavy (non-hydrogen) atoms. The summed E-state index contributed by atoms with van der Waals surface area (Å²) in [6, 6.07) is 5.88. The maximum Gasteiger partial charge on any atom is 1.00 e. The van der Waals surface area contributed by atoms with E-state index in [2.05, 4.69) is 0 Å². The van der Waals surface area contributed by atoms with Crippen LogP contribution < -0.4 is 38.2 Å². The molecular weight excluding hydrogens is 234 g/mol. The monoisotopic (exact) mass is 242 g/mol. The van der Waals surface area contributed by atoms with Gasteiger partial charge in [0.25, 0.3) is 0 Å². The zero-order valence-electron chi connectivity index (χ0n) is 6.94. The van der Waals surface area contributed by atoms with Crippen LogP contribution in [0, 0.1) is 6.92 Å². The molecule has 0 spiro atoms. The Morgan fingerprint density at radius 3 is 1.92 bits per heavy atom. The third kappa shape index (κ3) is 3.35. The van der Waals surface area contributed by atoms with Crippen molar-refractivity contribution in [2.24, 2.45) is 0 Å². The van der Waals surface area contributed by atoms with E-state index >= 15 is 0 Å².